The fourth-order valence-corrected chi connectivity index (χ4v) is 2.05. The third-order valence-electron chi connectivity index (χ3n) is 2.82. The zero-order valence-electron chi connectivity index (χ0n) is 8.56. The minimum absolute atomic E-state index is 0.268. The number of hydrogen-bond acceptors (Lipinski definition) is 2. The third kappa shape index (κ3) is 1.93. The molecule has 0 aliphatic heterocycles. The Morgan fingerprint density at radius 3 is 1.75 bits per heavy atom. The first-order valence-electron chi connectivity index (χ1n) is 5.00. The van der Waals surface area contributed by atoms with Crippen LogP contribution in [0.5, 0.6) is 0 Å². The third-order valence-corrected chi connectivity index (χ3v) is 2.82. The first-order valence-corrected chi connectivity index (χ1v) is 5.00. The molecule has 1 aliphatic rings. The molecule has 0 heterocycles. The highest BCUT2D eigenvalue weighted by molar-refractivity contribution is 5.32. The summed E-state index contributed by atoms with van der Waals surface area (Å²) < 4.78 is 0. The fraction of sp³-hybridized carbons (Fsp3) is 0.400. The van der Waals surface area contributed by atoms with Gasteiger partial charge in [-0.15, -0.1) is 0 Å². The molecule has 80 valence electrons. The summed E-state index contributed by atoms with van der Waals surface area (Å²) in [6.45, 7) is 0. The highest BCUT2D eigenvalue weighted by atomic mass is 15.2. The first kappa shape index (κ1) is 10.4. The van der Waals surface area contributed by atoms with Crippen LogP contribution in [0.15, 0.2) is 34.5 Å². The number of rotatable bonds is 2. The molecule has 0 bridgehead atoms. The van der Waals surface area contributed by atoms with Crippen molar-refractivity contribution in [2.45, 2.75) is 24.9 Å². The quantitative estimate of drug-likeness (QED) is 0.410. The molecule has 0 unspecified atom stereocenters. The Morgan fingerprint density at radius 2 is 1.38 bits per heavy atom. The highest BCUT2D eigenvalue weighted by Crippen LogP contribution is 2.25. The monoisotopic (exact) mass is 214 g/mol. The minimum atomic E-state index is -0.268. The zero-order valence-corrected chi connectivity index (χ0v) is 8.56. The summed E-state index contributed by atoms with van der Waals surface area (Å²) in [6, 6.07) is 7.41. The van der Waals surface area contributed by atoms with Gasteiger partial charge in [-0.1, -0.05) is 34.5 Å². The average Bonchev–Trinajstić information content (AvgIpc) is 2.30. The first-order chi connectivity index (χ1) is 7.85. The van der Waals surface area contributed by atoms with Crippen molar-refractivity contribution >= 4 is 0 Å². The maximum atomic E-state index is 8.48. The van der Waals surface area contributed by atoms with Crippen LogP contribution in [-0.2, 0) is 12.8 Å². The molecule has 1 aromatic rings. The Bertz CT molecular complexity index is 439. The molecule has 6 nitrogen and oxygen atoms in total. The van der Waals surface area contributed by atoms with E-state index in [1.807, 2.05) is 24.3 Å². The summed E-state index contributed by atoms with van der Waals surface area (Å²) in [5, 5.41) is 7.40. The molecule has 16 heavy (non-hydrogen) atoms. The van der Waals surface area contributed by atoms with Gasteiger partial charge in [0.2, 0.25) is 0 Å². The van der Waals surface area contributed by atoms with Gasteiger partial charge < -0.3 is 0 Å². The molecule has 1 aliphatic carbocycles. The van der Waals surface area contributed by atoms with Gasteiger partial charge in [0.15, 0.2) is 0 Å². The number of fused-ring (bicyclic) bond motifs is 1. The second kappa shape index (κ2) is 4.57. The van der Waals surface area contributed by atoms with Crippen LogP contribution in [-0.4, -0.2) is 12.1 Å². The van der Waals surface area contributed by atoms with Crippen molar-refractivity contribution in [2.75, 3.05) is 0 Å². The van der Waals surface area contributed by atoms with Crippen molar-refractivity contribution in [3.63, 3.8) is 0 Å². The van der Waals surface area contributed by atoms with E-state index in [0.717, 1.165) is 0 Å². The Hall–Kier alpha value is -2.16. The van der Waals surface area contributed by atoms with Crippen LogP contribution >= 0.6 is 0 Å². The zero-order chi connectivity index (χ0) is 11.4. The van der Waals surface area contributed by atoms with Crippen molar-refractivity contribution in [3.8, 4) is 0 Å². The number of benzene rings is 1. The Balaban J connectivity index is 2.36. The maximum Gasteiger partial charge on any atom is 0.0502 e. The van der Waals surface area contributed by atoms with E-state index in [9.17, 15) is 0 Å². The lowest BCUT2D eigenvalue weighted by Gasteiger charge is -2.26. The molecular weight excluding hydrogens is 204 g/mol. The van der Waals surface area contributed by atoms with Gasteiger partial charge in [0, 0.05) is 9.82 Å². The molecule has 0 spiro atoms. The molecule has 0 aromatic heterocycles. The second-order valence-corrected chi connectivity index (χ2v) is 3.72. The van der Waals surface area contributed by atoms with E-state index < -0.39 is 0 Å². The number of azide groups is 2. The second-order valence-electron chi connectivity index (χ2n) is 3.72. The highest BCUT2D eigenvalue weighted by Gasteiger charge is 2.26. The summed E-state index contributed by atoms with van der Waals surface area (Å²) in [5.74, 6) is 0. The summed E-state index contributed by atoms with van der Waals surface area (Å²) in [7, 11) is 0. The predicted molar refractivity (Wildman–Crippen MR) is 59.7 cm³/mol. The molecule has 2 atom stereocenters. The summed E-state index contributed by atoms with van der Waals surface area (Å²) in [4.78, 5) is 5.61. The van der Waals surface area contributed by atoms with Crippen molar-refractivity contribution in [1.29, 1.82) is 0 Å². The van der Waals surface area contributed by atoms with E-state index in [4.69, 9.17) is 11.1 Å². The van der Waals surface area contributed by atoms with Crippen LogP contribution in [0.2, 0.25) is 0 Å². The topological polar surface area (TPSA) is 97.5 Å². The molecule has 0 fully saturated rings. The molecule has 0 saturated carbocycles. The normalized spacial score (nSPS) is 22.5. The van der Waals surface area contributed by atoms with Crippen molar-refractivity contribution in [1.82, 2.24) is 0 Å². The smallest absolute Gasteiger partial charge is 0.0502 e. The van der Waals surface area contributed by atoms with E-state index >= 15 is 0 Å². The fourth-order valence-electron chi connectivity index (χ4n) is 2.05. The van der Waals surface area contributed by atoms with E-state index in [-0.39, 0.29) is 12.1 Å². The molecule has 2 rings (SSSR count). The summed E-state index contributed by atoms with van der Waals surface area (Å²) in [5.41, 5.74) is 19.3. The van der Waals surface area contributed by atoms with Crippen LogP contribution in [0.4, 0.5) is 0 Å². The molecule has 0 N–H and O–H groups in total. The van der Waals surface area contributed by atoms with Crippen LogP contribution in [0.1, 0.15) is 11.1 Å². The van der Waals surface area contributed by atoms with Crippen LogP contribution in [0, 0.1) is 0 Å². The standard InChI is InChI=1S/C10H10N6/c11-15-13-9-5-7-3-1-2-4-8(7)6-10(9)14-16-12/h1-4,9-10H,5-6H2/t9-,10+. The van der Waals surface area contributed by atoms with Crippen molar-refractivity contribution in [2.24, 2.45) is 10.2 Å². The van der Waals surface area contributed by atoms with Crippen LogP contribution in [0.3, 0.4) is 0 Å². The van der Waals surface area contributed by atoms with Crippen LogP contribution < -0.4 is 0 Å². The number of nitrogens with zero attached hydrogens (tertiary/aromatic N) is 6. The molecule has 1 aromatic carbocycles. The van der Waals surface area contributed by atoms with Crippen LogP contribution in [0.25, 0.3) is 20.9 Å². The molecular formula is C10H10N6. The van der Waals surface area contributed by atoms with E-state index in [1.54, 1.807) is 0 Å². The van der Waals surface area contributed by atoms with Crippen molar-refractivity contribution in [3.05, 3.63) is 56.3 Å². The Kier molecular flexibility index (Phi) is 2.96. The van der Waals surface area contributed by atoms with Crippen molar-refractivity contribution < 1.29 is 0 Å². The van der Waals surface area contributed by atoms with Gasteiger partial charge in [-0.3, -0.25) is 0 Å². The van der Waals surface area contributed by atoms with E-state index in [2.05, 4.69) is 20.1 Å². The summed E-state index contributed by atoms with van der Waals surface area (Å²) in [6.07, 6.45) is 1.29. The summed E-state index contributed by atoms with van der Waals surface area (Å²) >= 11 is 0. The molecule has 0 amide bonds. The predicted octanol–water partition coefficient (Wildman–Crippen LogP) is 3.14. The van der Waals surface area contributed by atoms with Gasteiger partial charge in [0.05, 0.1) is 12.1 Å². The van der Waals surface area contributed by atoms with Gasteiger partial charge in [-0.2, -0.15) is 0 Å². The Morgan fingerprint density at radius 1 is 0.938 bits per heavy atom. The van der Waals surface area contributed by atoms with Gasteiger partial charge in [0.25, 0.3) is 0 Å². The van der Waals surface area contributed by atoms with Gasteiger partial charge in [-0.25, -0.2) is 0 Å². The largest absolute Gasteiger partial charge is 0.0898 e. The average molecular weight is 214 g/mol. The van der Waals surface area contributed by atoms with Gasteiger partial charge in [-0.05, 0) is 35.0 Å². The lowest BCUT2D eigenvalue weighted by atomic mass is 9.85. The van der Waals surface area contributed by atoms with Gasteiger partial charge in [0.1, 0.15) is 0 Å². The van der Waals surface area contributed by atoms with Gasteiger partial charge >= 0.3 is 0 Å². The lowest BCUT2D eigenvalue weighted by Crippen LogP contribution is -2.31. The SMILES string of the molecule is [N-]=[N+]=N[C@H]1Cc2ccccc2C[C@H]1N=[N+]=[N-]. The lowest BCUT2D eigenvalue weighted by molar-refractivity contribution is 0.489. The Labute approximate surface area is 92.2 Å². The maximum absolute atomic E-state index is 8.48. The molecule has 0 saturated heterocycles. The number of hydrogen-bond donors (Lipinski definition) is 0. The molecule has 6 heteroatoms. The molecule has 0 radical (unpaired) electrons. The minimum Gasteiger partial charge on any atom is -0.0898 e. The van der Waals surface area contributed by atoms with E-state index in [0.29, 0.717) is 12.8 Å². The van der Waals surface area contributed by atoms with E-state index in [1.165, 1.54) is 11.1 Å².